The first-order valence-corrected chi connectivity index (χ1v) is 6.76. The zero-order valence-electron chi connectivity index (χ0n) is 9.70. The van der Waals surface area contributed by atoms with Crippen molar-refractivity contribution >= 4 is 17.4 Å². The molecule has 0 heterocycles. The highest BCUT2D eigenvalue weighted by Crippen LogP contribution is 2.13. The molecule has 0 unspecified atom stereocenters. The van der Waals surface area contributed by atoms with Gasteiger partial charge < -0.3 is 5.73 Å². The van der Waals surface area contributed by atoms with Gasteiger partial charge in [-0.2, -0.15) is 11.8 Å². The lowest BCUT2D eigenvalue weighted by atomic mass is 10.1. The summed E-state index contributed by atoms with van der Waals surface area (Å²) in [5.41, 5.74) is 7.96. The lowest BCUT2D eigenvalue weighted by Gasteiger charge is -2.05. The van der Waals surface area contributed by atoms with E-state index < -0.39 is 0 Å². The Balaban J connectivity index is 2.15. The number of anilines is 1. The maximum atomic E-state index is 5.72. The third kappa shape index (κ3) is 5.73. The fourth-order valence-electron chi connectivity index (χ4n) is 1.45. The van der Waals surface area contributed by atoms with Gasteiger partial charge in [0.1, 0.15) is 0 Å². The van der Waals surface area contributed by atoms with Crippen LogP contribution in [0.5, 0.6) is 0 Å². The Morgan fingerprint density at radius 3 is 2.80 bits per heavy atom. The van der Waals surface area contributed by atoms with E-state index >= 15 is 0 Å². The minimum absolute atomic E-state index is 0.808. The summed E-state index contributed by atoms with van der Waals surface area (Å²) < 4.78 is 0. The largest absolute Gasteiger partial charge is 0.399 e. The van der Waals surface area contributed by atoms with Gasteiger partial charge in [0.2, 0.25) is 0 Å². The van der Waals surface area contributed by atoms with Crippen molar-refractivity contribution in [3.05, 3.63) is 29.8 Å². The molecule has 0 aliphatic heterocycles. The highest BCUT2D eigenvalue weighted by atomic mass is 32.2. The summed E-state index contributed by atoms with van der Waals surface area (Å²) in [4.78, 5) is 0. The highest BCUT2D eigenvalue weighted by Gasteiger charge is 1.96. The van der Waals surface area contributed by atoms with Crippen LogP contribution in [0.25, 0.3) is 0 Å². The Morgan fingerprint density at radius 2 is 2.13 bits per heavy atom. The second-order valence-electron chi connectivity index (χ2n) is 4.32. The third-order valence-electron chi connectivity index (χ3n) is 2.16. The SMILES string of the molecule is CC(C)CSCCCc1cccc(N)c1. The van der Waals surface area contributed by atoms with Crippen molar-refractivity contribution < 1.29 is 0 Å². The van der Waals surface area contributed by atoms with Gasteiger partial charge >= 0.3 is 0 Å². The molecule has 0 aliphatic carbocycles. The number of thioether (sulfide) groups is 1. The first-order valence-electron chi connectivity index (χ1n) is 5.60. The Morgan fingerprint density at radius 1 is 1.33 bits per heavy atom. The lowest BCUT2D eigenvalue weighted by Crippen LogP contribution is -1.94. The molecule has 0 amide bonds. The van der Waals surface area contributed by atoms with Crippen molar-refractivity contribution in [2.24, 2.45) is 5.92 Å². The highest BCUT2D eigenvalue weighted by molar-refractivity contribution is 7.99. The van der Waals surface area contributed by atoms with Crippen molar-refractivity contribution in [3.8, 4) is 0 Å². The summed E-state index contributed by atoms with van der Waals surface area (Å²) in [6, 6.07) is 8.21. The van der Waals surface area contributed by atoms with Crippen molar-refractivity contribution in [2.45, 2.75) is 26.7 Å². The van der Waals surface area contributed by atoms with Gasteiger partial charge in [0.25, 0.3) is 0 Å². The molecule has 0 saturated heterocycles. The molecule has 1 aromatic carbocycles. The topological polar surface area (TPSA) is 26.0 Å². The van der Waals surface area contributed by atoms with E-state index in [9.17, 15) is 0 Å². The fraction of sp³-hybridized carbons (Fsp3) is 0.538. The maximum absolute atomic E-state index is 5.72. The van der Waals surface area contributed by atoms with Gasteiger partial charge in [0.15, 0.2) is 0 Å². The molecular formula is C13H21NS. The van der Waals surface area contributed by atoms with E-state index in [1.54, 1.807) is 0 Å². The molecule has 0 radical (unpaired) electrons. The molecule has 0 fully saturated rings. The summed E-state index contributed by atoms with van der Waals surface area (Å²) in [5, 5.41) is 0. The van der Waals surface area contributed by atoms with Crippen LogP contribution in [0, 0.1) is 5.92 Å². The number of hydrogen-bond donors (Lipinski definition) is 1. The number of nitrogens with two attached hydrogens (primary N) is 1. The molecule has 0 spiro atoms. The lowest BCUT2D eigenvalue weighted by molar-refractivity contribution is 0.749. The predicted molar refractivity (Wildman–Crippen MR) is 71.3 cm³/mol. The number of nitrogen functional groups attached to an aromatic ring is 1. The van der Waals surface area contributed by atoms with E-state index in [2.05, 4.69) is 37.7 Å². The summed E-state index contributed by atoms with van der Waals surface area (Å²) in [7, 11) is 0. The summed E-state index contributed by atoms with van der Waals surface area (Å²) in [6.07, 6.45) is 2.40. The average molecular weight is 223 g/mol. The van der Waals surface area contributed by atoms with Crippen molar-refractivity contribution in [1.82, 2.24) is 0 Å². The number of hydrogen-bond acceptors (Lipinski definition) is 2. The standard InChI is InChI=1S/C13H21NS/c1-11(2)10-15-8-4-6-12-5-3-7-13(14)9-12/h3,5,7,9,11H,4,6,8,10,14H2,1-2H3. The van der Waals surface area contributed by atoms with Crippen LogP contribution >= 0.6 is 11.8 Å². The van der Waals surface area contributed by atoms with Gasteiger partial charge in [-0.15, -0.1) is 0 Å². The van der Waals surface area contributed by atoms with Gasteiger partial charge in [-0.05, 0) is 48.0 Å². The molecule has 15 heavy (non-hydrogen) atoms. The van der Waals surface area contributed by atoms with Crippen molar-refractivity contribution in [2.75, 3.05) is 17.2 Å². The van der Waals surface area contributed by atoms with Gasteiger partial charge in [-0.25, -0.2) is 0 Å². The van der Waals surface area contributed by atoms with E-state index in [0.29, 0.717) is 0 Å². The number of rotatable bonds is 6. The molecule has 1 rings (SSSR count). The monoisotopic (exact) mass is 223 g/mol. The van der Waals surface area contributed by atoms with Gasteiger partial charge in [0.05, 0.1) is 0 Å². The van der Waals surface area contributed by atoms with Crippen LogP contribution < -0.4 is 5.73 Å². The van der Waals surface area contributed by atoms with Gasteiger partial charge in [0, 0.05) is 5.69 Å². The smallest absolute Gasteiger partial charge is 0.0316 e. The molecule has 1 aromatic rings. The van der Waals surface area contributed by atoms with Crippen LogP contribution in [0.15, 0.2) is 24.3 Å². The Hall–Kier alpha value is -0.630. The summed E-state index contributed by atoms with van der Waals surface area (Å²) in [5.74, 6) is 3.34. The van der Waals surface area contributed by atoms with Crippen LogP contribution in [0.4, 0.5) is 5.69 Å². The fourth-order valence-corrected chi connectivity index (χ4v) is 2.43. The van der Waals surface area contributed by atoms with Crippen molar-refractivity contribution in [3.63, 3.8) is 0 Å². The maximum Gasteiger partial charge on any atom is 0.0316 e. The molecular weight excluding hydrogens is 202 g/mol. The van der Waals surface area contributed by atoms with E-state index in [-0.39, 0.29) is 0 Å². The summed E-state index contributed by atoms with van der Waals surface area (Å²) >= 11 is 2.05. The Bertz CT molecular complexity index is 284. The minimum atomic E-state index is 0.808. The van der Waals surface area contributed by atoms with E-state index in [0.717, 1.165) is 18.0 Å². The van der Waals surface area contributed by atoms with Crippen LogP contribution in [-0.2, 0) is 6.42 Å². The third-order valence-corrected chi connectivity index (χ3v) is 3.64. The zero-order chi connectivity index (χ0) is 11.1. The average Bonchev–Trinajstić information content (AvgIpc) is 2.17. The van der Waals surface area contributed by atoms with Crippen LogP contribution in [0.2, 0.25) is 0 Å². The van der Waals surface area contributed by atoms with E-state index in [1.165, 1.54) is 23.5 Å². The Labute approximate surface area is 97.4 Å². The summed E-state index contributed by atoms with van der Waals surface area (Å²) in [6.45, 7) is 4.54. The zero-order valence-corrected chi connectivity index (χ0v) is 10.5. The second-order valence-corrected chi connectivity index (χ2v) is 5.47. The van der Waals surface area contributed by atoms with Crippen molar-refractivity contribution in [1.29, 1.82) is 0 Å². The molecule has 0 saturated carbocycles. The first-order chi connectivity index (χ1) is 7.18. The molecule has 2 N–H and O–H groups in total. The molecule has 0 aliphatic rings. The number of benzene rings is 1. The minimum Gasteiger partial charge on any atom is -0.399 e. The van der Waals surface area contributed by atoms with Crippen LogP contribution in [0.3, 0.4) is 0 Å². The number of aryl methyl sites for hydroxylation is 1. The van der Waals surface area contributed by atoms with E-state index in [1.807, 2.05) is 12.1 Å². The molecule has 0 atom stereocenters. The molecule has 0 bridgehead atoms. The predicted octanol–water partition coefficient (Wildman–Crippen LogP) is 3.59. The first kappa shape index (κ1) is 12.4. The normalized spacial score (nSPS) is 10.9. The quantitative estimate of drug-likeness (QED) is 0.589. The molecule has 84 valence electrons. The second kappa shape index (κ2) is 6.78. The van der Waals surface area contributed by atoms with Crippen LogP contribution in [0.1, 0.15) is 25.8 Å². The van der Waals surface area contributed by atoms with Gasteiger partial charge in [-0.1, -0.05) is 26.0 Å². The molecule has 2 heteroatoms. The molecule has 0 aromatic heterocycles. The van der Waals surface area contributed by atoms with Crippen LogP contribution in [-0.4, -0.2) is 11.5 Å². The van der Waals surface area contributed by atoms with Gasteiger partial charge in [-0.3, -0.25) is 0 Å². The van der Waals surface area contributed by atoms with E-state index in [4.69, 9.17) is 5.73 Å². The Kier molecular flexibility index (Phi) is 5.62. The molecule has 1 nitrogen and oxygen atoms in total.